The lowest BCUT2D eigenvalue weighted by atomic mass is 10.2. The first-order chi connectivity index (χ1) is 8.99. The first-order valence-electron chi connectivity index (χ1n) is 5.54. The summed E-state index contributed by atoms with van der Waals surface area (Å²) in [6, 6.07) is 10.1. The van der Waals surface area contributed by atoms with Gasteiger partial charge in [-0.1, -0.05) is 23.7 Å². The Balaban J connectivity index is 2.26. The van der Waals surface area contributed by atoms with Gasteiger partial charge in [-0.3, -0.25) is 4.79 Å². The SMILES string of the molecule is Cc1ccc(NC(=O)c2cccc(Br)c2Cl)cc1O. The van der Waals surface area contributed by atoms with Crippen molar-refractivity contribution in [3.05, 3.63) is 57.0 Å². The molecule has 0 spiro atoms. The summed E-state index contributed by atoms with van der Waals surface area (Å²) in [5.41, 5.74) is 1.64. The fourth-order valence-electron chi connectivity index (χ4n) is 1.56. The van der Waals surface area contributed by atoms with Crippen molar-refractivity contribution in [1.82, 2.24) is 0 Å². The zero-order valence-corrected chi connectivity index (χ0v) is 12.4. The molecule has 0 heterocycles. The molecule has 98 valence electrons. The van der Waals surface area contributed by atoms with Gasteiger partial charge in [0.15, 0.2) is 0 Å². The van der Waals surface area contributed by atoms with Crippen LogP contribution in [0.1, 0.15) is 15.9 Å². The zero-order chi connectivity index (χ0) is 14.0. The van der Waals surface area contributed by atoms with Gasteiger partial charge in [-0.2, -0.15) is 0 Å². The highest BCUT2D eigenvalue weighted by molar-refractivity contribution is 9.10. The molecule has 3 nitrogen and oxygen atoms in total. The number of hydrogen-bond donors (Lipinski definition) is 2. The van der Waals surface area contributed by atoms with Crippen LogP contribution in [0.4, 0.5) is 5.69 Å². The van der Waals surface area contributed by atoms with Crippen molar-refractivity contribution in [2.24, 2.45) is 0 Å². The van der Waals surface area contributed by atoms with Crippen LogP contribution in [0, 0.1) is 6.92 Å². The highest BCUT2D eigenvalue weighted by Crippen LogP contribution is 2.27. The van der Waals surface area contributed by atoms with Crippen molar-refractivity contribution >= 4 is 39.1 Å². The molecule has 0 aromatic heterocycles. The molecule has 0 atom stereocenters. The number of nitrogens with one attached hydrogen (secondary N) is 1. The first kappa shape index (κ1) is 13.9. The van der Waals surface area contributed by atoms with Gasteiger partial charge in [-0.05, 0) is 46.6 Å². The molecule has 0 saturated carbocycles. The minimum atomic E-state index is -0.324. The highest BCUT2D eigenvalue weighted by Gasteiger charge is 2.12. The lowest BCUT2D eigenvalue weighted by Crippen LogP contribution is -2.12. The van der Waals surface area contributed by atoms with Crippen LogP contribution < -0.4 is 5.32 Å². The third-order valence-electron chi connectivity index (χ3n) is 2.66. The van der Waals surface area contributed by atoms with E-state index in [0.717, 1.165) is 5.56 Å². The van der Waals surface area contributed by atoms with Gasteiger partial charge in [0.2, 0.25) is 0 Å². The summed E-state index contributed by atoms with van der Waals surface area (Å²) >= 11 is 9.32. The predicted molar refractivity (Wildman–Crippen MR) is 79.9 cm³/mol. The van der Waals surface area contributed by atoms with E-state index in [-0.39, 0.29) is 11.7 Å². The van der Waals surface area contributed by atoms with E-state index < -0.39 is 0 Å². The van der Waals surface area contributed by atoms with E-state index in [2.05, 4.69) is 21.2 Å². The third-order valence-corrected chi connectivity index (χ3v) is 3.96. The molecule has 0 aliphatic carbocycles. The Kier molecular flexibility index (Phi) is 4.12. The molecule has 2 aromatic rings. The molecule has 0 aliphatic heterocycles. The summed E-state index contributed by atoms with van der Waals surface area (Å²) in [4.78, 5) is 12.1. The minimum Gasteiger partial charge on any atom is -0.508 e. The van der Waals surface area contributed by atoms with E-state index in [1.54, 1.807) is 37.3 Å². The third kappa shape index (κ3) is 3.08. The number of aromatic hydroxyl groups is 1. The molecule has 2 N–H and O–H groups in total. The Bertz CT molecular complexity index is 643. The summed E-state index contributed by atoms with van der Waals surface area (Å²) in [5, 5.41) is 12.6. The van der Waals surface area contributed by atoms with E-state index in [0.29, 0.717) is 20.7 Å². The van der Waals surface area contributed by atoms with Gasteiger partial charge >= 0.3 is 0 Å². The second-order valence-corrected chi connectivity index (χ2v) is 5.29. The van der Waals surface area contributed by atoms with Gasteiger partial charge in [-0.25, -0.2) is 0 Å². The second-order valence-electron chi connectivity index (χ2n) is 4.06. The smallest absolute Gasteiger partial charge is 0.257 e. The average molecular weight is 341 g/mol. The highest BCUT2D eigenvalue weighted by atomic mass is 79.9. The maximum absolute atomic E-state index is 12.1. The monoisotopic (exact) mass is 339 g/mol. The number of amides is 1. The molecule has 2 rings (SSSR count). The fraction of sp³-hybridized carbons (Fsp3) is 0.0714. The number of halogens is 2. The Labute approximate surface area is 124 Å². The van der Waals surface area contributed by atoms with Crippen LogP contribution in [0.3, 0.4) is 0 Å². The Morgan fingerprint density at radius 2 is 2.05 bits per heavy atom. The molecule has 19 heavy (non-hydrogen) atoms. The van der Waals surface area contributed by atoms with Gasteiger partial charge in [-0.15, -0.1) is 0 Å². The Hall–Kier alpha value is -1.52. The quantitative estimate of drug-likeness (QED) is 0.853. The van der Waals surface area contributed by atoms with Gasteiger partial charge in [0, 0.05) is 16.2 Å². The predicted octanol–water partition coefficient (Wildman–Crippen LogP) is 4.37. The maximum Gasteiger partial charge on any atom is 0.257 e. The summed E-state index contributed by atoms with van der Waals surface area (Å²) < 4.78 is 0.661. The van der Waals surface area contributed by atoms with Gasteiger partial charge in [0.05, 0.1) is 10.6 Å². The molecule has 1 amide bonds. The van der Waals surface area contributed by atoms with Crippen LogP contribution >= 0.6 is 27.5 Å². The topological polar surface area (TPSA) is 49.3 Å². The number of aryl methyl sites for hydroxylation is 1. The molecule has 0 aliphatic rings. The van der Waals surface area contributed by atoms with Crippen molar-refractivity contribution in [3.8, 4) is 5.75 Å². The number of benzene rings is 2. The van der Waals surface area contributed by atoms with Crippen molar-refractivity contribution in [3.63, 3.8) is 0 Å². The number of hydrogen-bond acceptors (Lipinski definition) is 2. The van der Waals surface area contributed by atoms with Crippen LogP contribution in [-0.4, -0.2) is 11.0 Å². The van der Waals surface area contributed by atoms with E-state index in [1.807, 2.05) is 0 Å². The molecule has 0 unspecified atom stereocenters. The summed E-state index contributed by atoms with van der Waals surface area (Å²) in [6.07, 6.45) is 0. The number of rotatable bonds is 2. The van der Waals surface area contributed by atoms with Crippen molar-refractivity contribution in [2.45, 2.75) is 6.92 Å². The standard InChI is InChI=1S/C14H11BrClNO2/c1-8-5-6-9(7-12(8)18)17-14(19)10-3-2-4-11(15)13(10)16/h2-7,18H,1H3,(H,17,19). The number of carbonyl (C=O) groups is 1. The van der Waals surface area contributed by atoms with Crippen LogP contribution in [0.25, 0.3) is 0 Å². The Morgan fingerprint density at radius 3 is 2.74 bits per heavy atom. The zero-order valence-electron chi connectivity index (χ0n) is 10.1. The van der Waals surface area contributed by atoms with E-state index in [1.165, 1.54) is 6.07 Å². The van der Waals surface area contributed by atoms with Crippen LogP contribution in [0.5, 0.6) is 5.75 Å². The van der Waals surface area contributed by atoms with E-state index >= 15 is 0 Å². The summed E-state index contributed by atoms with van der Waals surface area (Å²) in [7, 11) is 0. The van der Waals surface area contributed by atoms with Crippen LogP contribution in [0.15, 0.2) is 40.9 Å². The molecule has 0 fully saturated rings. The van der Waals surface area contributed by atoms with E-state index in [9.17, 15) is 9.90 Å². The summed E-state index contributed by atoms with van der Waals surface area (Å²) in [5.74, 6) is -0.187. The van der Waals surface area contributed by atoms with Crippen molar-refractivity contribution in [2.75, 3.05) is 5.32 Å². The molecular weight excluding hydrogens is 330 g/mol. The number of phenols is 1. The Morgan fingerprint density at radius 1 is 1.32 bits per heavy atom. The number of anilines is 1. The lowest BCUT2D eigenvalue weighted by Gasteiger charge is -2.08. The first-order valence-corrected chi connectivity index (χ1v) is 6.71. The largest absolute Gasteiger partial charge is 0.508 e. The average Bonchev–Trinajstić information content (AvgIpc) is 2.37. The number of carbonyl (C=O) groups excluding carboxylic acids is 1. The summed E-state index contributed by atoms with van der Waals surface area (Å²) in [6.45, 7) is 1.78. The number of phenolic OH excluding ortho intramolecular Hbond substituents is 1. The lowest BCUT2D eigenvalue weighted by molar-refractivity contribution is 0.102. The van der Waals surface area contributed by atoms with Crippen LogP contribution in [0.2, 0.25) is 5.02 Å². The van der Waals surface area contributed by atoms with Crippen molar-refractivity contribution in [1.29, 1.82) is 0 Å². The normalized spacial score (nSPS) is 10.3. The maximum atomic E-state index is 12.1. The molecule has 0 saturated heterocycles. The second kappa shape index (κ2) is 5.63. The molecule has 2 aromatic carbocycles. The molecule has 5 heteroatoms. The van der Waals surface area contributed by atoms with Crippen molar-refractivity contribution < 1.29 is 9.90 Å². The van der Waals surface area contributed by atoms with Crippen LogP contribution in [-0.2, 0) is 0 Å². The minimum absolute atomic E-state index is 0.137. The van der Waals surface area contributed by atoms with Gasteiger partial charge in [0.25, 0.3) is 5.91 Å². The fourth-order valence-corrected chi connectivity index (χ4v) is 2.14. The van der Waals surface area contributed by atoms with Gasteiger partial charge in [0.1, 0.15) is 5.75 Å². The molecular formula is C14H11BrClNO2. The molecule has 0 bridgehead atoms. The molecule has 0 radical (unpaired) electrons. The van der Waals surface area contributed by atoms with Gasteiger partial charge < -0.3 is 10.4 Å². The van der Waals surface area contributed by atoms with E-state index in [4.69, 9.17) is 11.6 Å².